The number of carbonyl (C=O) groups is 2. The van der Waals surface area contributed by atoms with Crippen molar-refractivity contribution in [1.29, 1.82) is 0 Å². The van der Waals surface area contributed by atoms with Gasteiger partial charge in [-0.3, -0.25) is 9.59 Å². The van der Waals surface area contributed by atoms with Gasteiger partial charge in [0.15, 0.2) is 0 Å². The maximum absolute atomic E-state index is 11.9. The van der Waals surface area contributed by atoms with Gasteiger partial charge in [0.05, 0.1) is 15.8 Å². The van der Waals surface area contributed by atoms with E-state index in [-0.39, 0.29) is 18.4 Å². The summed E-state index contributed by atoms with van der Waals surface area (Å²) >= 11 is 8.68. The Morgan fingerprint density at radius 1 is 1.38 bits per heavy atom. The topological polar surface area (TPSA) is 71.1 Å². The van der Waals surface area contributed by atoms with Crippen LogP contribution in [0.25, 0.3) is 9.88 Å². The molecule has 2 amide bonds. The summed E-state index contributed by atoms with van der Waals surface area (Å²) in [6.45, 7) is -0.0208. The van der Waals surface area contributed by atoms with Gasteiger partial charge in [0.25, 0.3) is 5.91 Å². The number of nitrogens with zero attached hydrogens (tertiary/aromatic N) is 1. The molecule has 1 fully saturated rings. The van der Waals surface area contributed by atoms with Crippen molar-refractivity contribution in [1.82, 2.24) is 15.6 Å². The highest BCUT2D eigenvalue weighted by Crippen LogP contribution is 2.32. The van der Waals surface area contributed by atoms with Gasteiger partial charge >= 0.3 is 0 Å². The SMILES string of the molecule is O=C(CNC(=O)c1csc(-c2ccc(Cl)s2)n1)NC1CC1. The summed E-state index contributed by atoms with van der Waals surface area (Å²) < 4.78 is 0.683. The van der Waals surface area contributed by atoms with Crippen LogP contribution in [0, 0.1) is 0 Å². The quantitative estimate of drug-likeness (QED) is 0.877. The number of halogens is 1. The lowest BCUT2D eigenvalue weighted by Crippen LogP contribution is -2.37. The Morgan fingerprint density at radius 2 is 2.19 bits per heavy atom. The zero-order valence-corrected chi connectivity index (χ0v) is 13.3. The number of thiazole rings is 1. The summed E-state index contributed by atoms with van der Waals surface area (Å²) in [5.74, 6) is -0.502. The van der Waals surface area contributed by atoms with Crippen molar-refractivity contribution in [3.05, 3.63) is 27.5 Å². The first kappa shape index (κ1) is 14.5. The normalized spacial score (nSPS) is 14.0. The third-order valence-corrected chi connectivity index (χ3v) is 5.12. The average molecular weight is 342 g/mol. The first-order chi connectivity index (χ1) is 10.1. The van der Waals surface area contributed by atoms with Crippen LogP contribution >= 0.6 is 34.3 Å². The lowest BCUT2D eigenvalue weighted by atomic mass is 10.4. The van der Waals surface area contributed by atoms with Crippen LogP contribution in [0.2, 0.25) is 4.34 Å². The summed E-state index contributed by atoms with van der Waals surface area (Å²) in [6, 6.07) is 3.96. The minimum absolute atomic E-state index is 0.0208. The van der Waals surface area contributed by atoms with E-state index in [1.165, 1.54) is 22.7 Å². The van der Waals surface area contributed by atoms with Crippen molar-refractivity contribution in [2.45, 2.75) is 18.9 Å². The van der Waals surface area contributed by atoms with Crippen LogP contribution in [0.3, 0.4) is 0 Å². The van der Waals surface area contributed by atoms with Gasteiger partial charge in [-0.25, -0.2) is 4.98 Å². The lowest BCUT2D eigenvalue weighted by molar-refractivity contribution is -0.120. The summed E-state index contributed by atoms with van der Waals surface area (Å²) in [4.78, 5) is 28.6. The molecule has 0 unspecified atom stereocenters. The minimum atomic E-state index is -0.342. The van der Waals surface area contributed by atoms with E-state index in [2.05, 4.69) is 15.6 Å². The number of aromatic nitrogens is 1. The van der Waals surface area contributed by atoms with Crippen molar-refractivity contribution in [3.8, 4) is 9.88 Å². The Hall–Kier alpha value is -1.44. The van der Waals surface area contributed by atoms with E-state index in [4.69, 9.17) is 11.6 Å². The number of hydrogen-bond acceptors (Lipinski definition) is 5. The van der Waals surface area contributed by atoms with E-state index in [1.54, 1.807) is 11.4 Å². The molecule has 1 aliphatic rings. The number of thiophene rings is 1. The van der Waals surface area contributed by atoms with Gasteiger partial charge in [0, 0.05) is 11.4 Å². The minimum Gasteiger partial charge on any atom is -0.352 e. The van der Waals surface area contributed by atoms with Gasteiger partial charge in [-0.2, -0.15) is 0 Å². The Kier molecular flexibility index (Phi) is 4.23. The zero-order valence-electron chi connectivity index (χ0n) is 10.9. The molecule has 3 rings (SSSR count). The monoisotopic (exact) mass is 341 g/mol. The highest BCUT2D eigenvalue weighted by molar-refractivity contribution is 7.23. The molecule has 2 N–H and O–H groups in total. The van der Waals surface area contributed by atoms with E-state index < -0.39 is 0 Å². The van der Waals surface area contributed by atoms with Crippen LogP contribution in [0.1, 0.15) is 23.3 Å². The molecule has 21 heavy (non-hydrogen) atoms. The maximum Gasteiger partial charge on any atom is 0.271 e. The second kappa shape index (κ2) is 6.13. The van der Waals surface area contributed by atoms with Crippen molar-refractivity contribution in [3.63, 3.8) is 0 Å². The Morgan fingerprint density at radius 3 is 2.86 bits per heavy atom. The molecule has 0 aliphatic heterocycles. The van der Waals surface area contributed by atoms with Gasteiger partial charge in [-0.1, -0.05) is 11.6 Å². The highest BCUT2D eigenvalue weighted by Gasteiger charge is 2.23. The molecule has 0 bridgehead atoms. The molecule has 110 valence electrons. The van der Waals surface area contributed by atoms with Gasteiger partial charge < -0.3 is 10.6 Å². The van der Waals surface area contributed by atoms with Crippen molar-refractivity contribution in [2.24, 2.45) is 0 Å². The molecule has 2 heterocycles. The second-order valence-corrected chi connectivity index (χ2v) is 7.24. The third kappa shape index (κ3) is 3.81. The van der Waals surface area contributed by atoms with Crippen LogP contribution in [0.5, 0.6) is 0 Å². The number of rotatable bonds is 5. The molecule has 0 atom stereocenters. The predicted molar refractivity (Wildman–Crippen MR) is 83.9 cm³/mol. The Balaban J connectivity index is 1.57. The molecular weight excluding hydrogens is 330 g/mol. The largest absolute Gasteiger partial charge is 0.352 e. The number of amides is 2. The number of hydrogen-bond donors (Lipinski definition) is 2. The zero-order chi connectivity index (χ0) is 14.8. The molecule has 2 aromatic heterocycles. The van der Waals surface area contributed by atoms with E-state index >= 15 is 0 Å². The van der Waals surface area contributed by atoms with Gasteiger partial charge in [-0.15, -0.1) is 22.7 Å². The Labute approximate surface area is 134 Å². The molecule has 0 spiro atoms. The molecule has 2 aromatic rings. The van der Waals surface area contributed by atoms with E-state index in [0.717, 1.165) is 22.7 Å². The van der Waals surface area contributed by atoms with E-state index in [1.807, 2.05) is 6.07 Å². The molecule has 5 nitrogen and oxygen atoms in total. The van der Waals surface area contributed by atoms with E-state index in [9.17, 15) is 9.59 Å². The molecule has 1 aliphatic carbocycles. The molecule has 0 radical (unpaired) electrons. The van der Waals surface area contributed by atoms with Gasteiger partial charge in [0.1, 0.15) is 10.7 Å². The van der Waals surface area contributed by atoms with Crippen molar-refractivity contribution < 1.29 is 9.59 Å². The van der Waals surface area contributed by atoms with Gasteiger partial charge in [0.2, 0.25) is 5.91 Å². The molecule has 1 saturated carbocycles. The lowest BCUT2D eigenvalue weighted by Gasteiger charge is -2.04. The van der Waals surface area contributed by atoms with Crippen molar-refractivity contribution >= 4 is 46.1 Å². The van der Waals surface area contributed by atoms with Crippen molar-refractivity contribution in [2.75, 3.05) is 6.54 Å². The number of nitrogens with one attached hydrogen (secondary N) is 2. The molecular formula is C13H12ClN3O2S2. The number of carbonyl (C=O) groups excluding carboxylic acids is 2. The first-order valence-corrected chi connectivity index (χ1v) is 8.48. The highest BCUT2D eigenvalue weighted by atomic mass is 35.5. The average Bonchev–Trinajstić information content (AvgIpc) is 2.97. The van der Waals surface area contributed by atoms with Crippen LogP contribution in [0.4, 0.5) is 0 Å². The smallest absolute Gasteiger partial charge is 0.271 e. The first-order valence-electron chi connectivity index (χ1n) is 6.40. The summed E-state index contributed by atoms with van der Waals surface area (Å²) in [6.07, 6.45) is 2.05. The molecule has 0 saturated heterocycles. The summed E-state index contributed by atoms with van der Waals surface area (Å²) in [5, 5.41) is 7.81. The second-order valence-electron chi connectivity index (χ2n) is 4.67. The van der Waals surface area contributed by atoms with Crippen LogP contribution in [0.15, 0.2) is 17.5 Å². The fourth-order valence-electron chi connectivity index (χ4n) is 1.68. The van der Waals surface area contributed by atoms with Crippen LogP contribution in [-0.2, 0) is 4.79 Å². The van der Waals surface area contributed by atoms with E-state index in [0.29, 0.717) is 16.1 Å². The van der Waals surface area contributed by atoms with Crippen LogP contribution in [-0.4, -0.2) is 29.4 Å². The Bertz CT molecular complexity index is 679. The standard InChI is InChI=1S/C13H12ClN3O2S2/c14-10-4-3-9(21-10)13-17-8(6-20-13)12(19)15-5-11(18)16-7-1-2-7/h3-4,6-7H,1-2,5H2,(H,15,19)(H,16,18). The summed E-state index contributed by atoms with van der Waals surface area (Å²) in [5.41, 5.74) is 0.318. The fraction of sp³-hybridized carbons (Fsp3) is 0.308. The van der Waals surface area contributed by atoms with Gasteiger partial charge in [-0.05, 0) is 25.0 Å². The predicted octanol–water partition coefficient (Wildman–Crippen LogP) is 2.53. The molecule has 8 heteroatoms. The third-order valence-electron chi connectivity index (χ3n) is 2.87. The maximum atomic E-state index is 11.9. The van der Waals surface area contributed by atoms with Crippen LogP contribution < -0.4 is 10.6 Å². The molecule has 0 aromatic carbocycles. The summed E-state index contributed by atoms with van der Waals surface area (Å²) in [7, 11) is 0. The fourth-order valence-corrected chi connectivity index (χ4v) is 3.59.